The average Bonchev–Trinajstić information content (AvgIpc) is 1.75. The third-order valence-electron chi connectivity index (χ3n) is 19.7. The van der Waals surface area contributed by atoms with Crippen molar-refractivity contribution in [3.05, 3.63) is 162 Å². The summed E-state index contributed by atoms with van der Waals surface area (Å²) in [7, 11) is 1.44. The second kappa shape index (κ2) is 48.0. The highest BCUT2D eigenvalue weighted by atomic mass is 79.9. The molecular formula is C87H111BrCl2F3N15O17. The van der Waals surface area contributed by atoms with E-state index in [9.17, 15) is 61.5 Å². The number of anilines is 3. The minimum Gasteiger partial charge on any atom is -0.444 e. The van der Waals surface area contributed by atoms with Crippen molar-refractivity contribution in [1.82, 2.24) is 56.4 Å². The second-order valence-corrected chi connectivity index (χ2v) is 33.2. The van der Waals surface area contributed by atoms with Crippen molar-refractivity contribution in [2.75, 3.05) is 158 Å². The van der Waals surface area contributed by atoms with Crippen molar-refractivity contribution in [3.8, 4) is 33.4 Å². The third kappa shape index (κ3) is 32.0. The summed E-state index contributed by atoms with van der Waals surface area (Å²) in [6.45, 7) is 25.5. The average molecular weight is 1850 g/mol. The molecule has 0 aromatic heterocycles. The van der Waals surface area contributed by atoms with Gasteiger partial charge in [0.2, 0.25) is 40.5 Å². The Labute approximate surface area is 743 Å². The number of cyclic esters (lactones) is 3. The number of hydrogen-bond acceptors (Lipinski definition) is 21. The molecule has 32 nitrogen and oxygen atoms in total. The van der Waals surface area contributed by atoms with E-state index >= 15 is 4.39 Å². The van der Waals surface area contributed by atoms with Crippen molar-refractivity contribution in [1.29, 1.82) is 0 Å². The van der Waals surface area contributed by atoms with E-state index in [-0.39, 0.29) is 100.0 Å². The molecule has 0 aliphatic carbocycles. The first kappa shape index (κ1) is 99.6. The molecule has 6 saturated heterocycles. The Balaban J connectivity index is 0.000000211. The van der Waals surface area contributed by atoms with Crippen LogP contribution in [0.2, 0.25) is 0 Å². The molecule has 8 N–H and O–H groups in total. The largest absolute Gasteiger partial charge is 0.444 e. The van der Waals surface area contributed by atoms with Gasteiger partial charge >= 0.3 is 30.5 Å². The number of carbonyl (C=O) groups excluding carboxylic acids is 11. The van der Waals surface area contributed by atoms with Gasteiger partial charge in [-0.2, -0.15) is 0 Å². The number of hydrogen-bond donors (Lipinski definition) is 7. The zero-order valence-corrected chi connectivity index (χ0v) is 74.9. The Morgan fingerprint density at radius 1 is 0.464 bits per heavy atom. The molecule has 38 heteroatoms. The summed E-state index contributed by atoms with van der Waals surface area (Å²) >= 11 is 13.1. The van der Waals surface area contributed by atoms with Crippen LogP contribution in [0, 0.1) is 17.5 Å². The van der Waals surface area contributed by atoms with E-state index in [2.05, 4.69) is 52.6 Å². The fourth-order valence-corrected chi connectivity index (χ4v) is 13.6. The molecule has 6 fully saturated rings. The van der Waals surface area contributed by atoms with Gasteiger partial charge in [0.1, 0.15) is 47.0 Å². The SMILES string of the molecule is CC(=O)NC[C@H]1CN(c2ccc(-c3ccc(CN)cc3)c(F)c2)C(=O)O1.CC(=O)NC[C@H]1CN(c2ccc(-c3ccc(CNCC(=O)N4CCN(C(=O)OC(C)(C)C)CC4)cc3)c(F)c2)C(=O)O1.CC(=O)NC[C@H]1CN(c2ccc(-c3ccc(CNCC(=O)N4CCNCC4)cc3)c(F)c2)C(=O)O1.CC(C)(C)OC(=O)N1CCN(C(=O)CBr)CC1.COC(Cl)Cl. The Hall–Kier alpha value is -10.9. The Bertz CT molecular complexity index is 4670. The summed E-state index contributed by atoms with van der Waals surface area (Å²) in [5, 5.41) is 17.1. The van der Waals surface area contributed by atoms with Gasteiger partial charge < -0.3 is 90.6 Å². The highest BCUT2D eigenvalue weighted by Gasteiger charge is 2.37. The first-order chi connectivity index (χ1) is 59.4. The van der Waals surface area contributed by atoms with Crippen LogP contribution < -0.4 is 52.3 Å². The van der Waals surface area contributed by atoms with Crippen LogP contribution in [-0.4, -0.2) is 268 Å². The van der Waals surface area contributed by atoms with E-state index in [1.807, 2.05) is 107 Å². The van der Waals surface area contributed by atoms with Gasteiger partial charge in [0.05, 0.1) is 74.8 Å². The molecular weight excluding hydrogens is 1730 g/mol. The summed E-state index contributed by atoms with van der Waals surface area (Å²) < 4.78 is 75.2. The fourth-order valence-electron chi connectivity index (χ4n) is 13.2. The highest BCUT2D eigenvalue weighted by molar-refractivity contribution is 9.09. The maximum Gasteiger partial charge on any atom is 0.414 e. The number of benzene rings is 6. The minimum atomic E-state index is -0.671. The van der Waals surface area contributed by atoms with Crippen molar-refractivity contribution in [3.63, 3.8) is 0 Å². The number of methoxy groups -OCH3 is 1. The summed E-state index contributed by atoms with van der Waals surface area (Å²) in [5.74, 6) is -1.87. The molecule has 6 aliphatic rings. The molecule has 6 aromatic carbocycles. The number of piperazine rings is 3. The lowest BCUT2D eigenvalue weighted by atomic mass is 10.0. The predicted molar refractivity (Wildman–Crippen MR) is 470 cm³/mol. The quantitative estimate of drug-likeness (QED) is 0.0232. The van der Waals surface area contributed by atoms with Crippen LogP contribution in [0.4, 0.5) is 54.2 Å². The topological polar surface area (TPSA) is 367 Å². The van der Waals surface area contributed by atoms with Crippen LogP contribution in [0.1, 0.15) is 79.0 Å². The van der Waals surface area contributed by atoms with Gasteiger partial charge in [-0.3, -0.25) is 43.5 Å². The number of halogens is 6. The number of nitrogens with zero attached hydrogens (tertiary/aromatic N) is 8. The number of amides is 11. The molecule has 0 radical (unpaired) electrons. The van der Waals surface area contributed by atoms with Crippen LogP contribution in [-0.2, 0) is 76.8 Å². The number of alkyl halides is 3. The number of nitrogens with one attached hydrogen (secondary N) is 6. The maximum atomic E-state index is 15.1. The Morgan fingerprint density at radius 2 is 0.752 bits per heavy atom. The third-order valence-corrected chi connectivity index (χ3v) is 20.6. The van der Waals surface area contributed by atoms with Crippen LogP contribution >= 0.6 is 39.1 Å². The highest BCUT2D eigenvalue weighted by Crippen LogP contribution is 2.34. The lowest BCUT2D eigenvalue weighted by Crippen LogP contribution is -2.53. The van der Waals surface area contributed by atoms with E-state index in [1.54, 1.807) is 68.1 Å². The van der Waals surface area contributed by atoms with Crippen LogP contribution in [0.25, 0.3) is 33.4 Å². The first-order valence-electron chi connectivity index (χ1n) is 40.7. The van der Waals surface area contributed by atoms with Crippen LogP contribution in [0.3, 0.4) is 0 Å². The number of rotatable bonds is 23. The van der Waals surface area contributed by atoms with Crippen molar-refractivity contribution in [2.45, 2.75) is 116 Å². The monoisotopic (exact) mass is 1840 g/mol. The van der Waals surface area contributed by atoms with Crippen LogP contribution in [0.5, 0.6) is 0 Å². The van der Waals surface area contributed by atoms with Gasteiger partial charge in [-0.05, 0) is 130 Å². The fraction of sp³-hybridized carbons (Fsp3) is 0.460. The van der Waals surface area contributed by atoms with E-state index in [4.69, 9.17) is 52.6 Å². The predicted octanol–water partition coefficient (Wildman–Crippen LogP) is 9.87. The molecule has 6 aliphatic heterocycles. The van der Waals surface area contributed by atoms with Crippen LogP contribution in [0.15, 0.2) is 127 Å². The van der Waals surface area contributed by atoms with Gasteiger partial charge in [0.15, 0.2) is 0 Å². The van der Waals surface area contributed by atoms with E-state index in [0.29, 0.717) is 122 Å². The zero-order valence-electron chi connectivity index (χ0n) is 71.8. The van der Waals surface area contributed by atoms with E-state index in [1.165, 1.54) is 60.8 Å². The van der Waals surface area contributed by atoms with Gasteiger partial charge in [0, 0.05) is 143 Å². The molecule has 3 atom stereocenters. The number of nitrogens with two attached hydrogens (primary N) is 1. The molecule has 678 valence electrons. The van der Waals surface area contributed by atoms with Crippen molar-refractivity contribution < 1.29 is 94.3 Å². The molecule has 6 heterocycles. The lowest BCUT2D eigenvalue weighted by molar-refractivity contribution is -0.132. The molecule has 0 unspecified atom stereocenters. The molecule has 0 spiro atoms. The number of carbonyl (C=O) groups is 11. The maximum absolute atomic E-state index is 15.1. The van der Waals surface area contributed by atoms with Gasteiger partial charge in [0.25, 0.3) is 0 Å². The first-order valence-corrected chi connectivity index (χ1v) is 42.7. The lowest BCUT2D eigenvalue weighted by Gasteiger charge is -2.35. The molecule has 11 amide bonds. The number of ether oxygens (including phenoxy) is 6. The van der Waals surface area contributed by atoms with Gasteiger partial charge in [-0.1, -0.05) is 112 Å². The molecule has 6 aromatic rings. The van der Waals surface area contributed by atoms with Gasteiger partial charge in [-0.15, -0.1) is 0 Å². The van der Waals surface area contributed by atoms with Crippen molar-refractivity contribution in [2.24, 2.45) is 5.73 Å². The van der Waals surface area contributed by atoms with Gasteiger partial charge in [-0.25, -0.2) is 37.1 Å². The van der Waals surface area contributed by atoms with E-state index in [0.717, 1.165) is 48.4 Å². The Kier molecular flexibility index (Phi) is 38.2. The van der Waals surface area contributed by atoms with Crippen molar-refractivity contribution >= 4 is 122 Å². The second-order valence-electron chi connectivity index (χ2n) is 31.6. The molecule has 0 saturated carbocycles. The molecule has 125 heavy (non-hydrogen) atoms. The van der Waals surface area contributed by atoms with E-state index < -0.39 is 70.3 Å². The zero-order chi connectivity index (χ0) is 91.2. The standard InChI is InChI=1S/C30H38FN5O6.C25H30FN5O4.C19H20FN3O3.C11H19BrN2O3.C2H4Cl2O/c1-20(37)33-17-24-19-36(29(40)41-24)23-9-10-25(26(31)15-23)22-7-5-21(6-8-22)16-32-18-27(38)34-11-13-35(14-12-34)28(39)42-30(2,3)4;1-17(32)29-14-21-16-31(25(34)35-21)20-6-7-22(23(26)12-20)19-4-2-18(3-5-19)13-28-15-24(33)30-10-8-27-9-11-30;1-12(24)22-10-16-11-23(19(25)26-16)15-6-7-17(18(20)8-15)14-4-2-13(9-21)3-5-14;1-11(2,3)17-10(16)14-6-4-13(5-7-14)9(15)8-12;1-5-2(3)4/h5-10,15,24,32H,11-14,16-19H2,1-4H3,(H,33,37);2-7,12,21,27-28H,8-11,13-16H2,1H3,(H,29,32);2-8,16H,9-11,21H2,1H3,(H,22,24);4-8H2,1-3H3;2H,1H3/t24-;21-;16-;;/m000../s1. The normalized spacial score (nSPS) is 16.9. The summed E-state index contributed by atoms with van der Waals surface area (Å²) in [6.07, 6.45) is -3.83. The molecule has 12 rings (SSSR count). The molecule has 0 bridgehead atoms. The Morgan fingerprint density at radius 3 is 1.02 bits per heavy atom. The summed E-state index contributed by atoms with van der Waals surface area (Å²) in [4.78, 5) is 143. The smallest absolute Gasteiger partial charge is 0.414 e. The minimum absolute atomic E-state index is 0.0408. The summed E-state index contributed by atoms with van der Waals surface area (Å²) in [5.41, 5.74) is 12.0. The summed E-state index contributed by atoms with van der Waals surface area (Å²) in [6, 6.07) is 36.0.